The second kappa shape index (κ2) is 8.66. The third-order valence-corrected chi connectivity index (χ3v) is 4.17. The van der Waals surface area contributed by atoms with Gasteiger partial charge in [-0.15, -0.1) is 0 Å². The Morgan fingerprint density at radius 3 is 2.44 bits per heavy atom. The lowest BCUT2D eigenvalue weighted by molar-refractivity contribution is -0.111. The van der Waals surface area contributed by atoms with Crippen LogP contribution >= 0.6 is 23.2 Å². The largest absolute Gasteiger partial charge is 0.340 e. The molecule has 27 heavy (non-hydrogen) atoms. The summed E-state index contributed by atoms with van der Waals surface area (Å²) < 4.78 is 0. The Hall–Kier alpha value is -2.89. The fourth-order valence-corrected chi connectivity index (χ4v) is 2.77. The highest BCUT2D eigenvalue weighted by Gasteiger charge is 2.02. The van der Waals surface area contributed by atoms with E-state index in [1.165, 1.54) is 12.4 Å². The van der Waals surface area contributed by atoms with Gasteiger partial charge in [-0.3, -0.25) is 4.79 Å². The molecule has 2 N–H and O–H groups in total. The van der Waals surface area contributed by atoms with Gasteiger partial charge in [0, 0.05) is 39.3 Å². The van der Waals surface area contributed by atoms with Gasteiger partial charge in [0.05, 0.1) is 0 Å². The minimum atomic E-state index is -0.256. The molecule has 0 fully saturated rings. The first-order chi connectivity index (χ1) is 13.0. The Morgan fingerprint density at radius 2 is 1.74 bits per heavy atom. The second-order valence-corrected chi connectivity index (χ2v) is 6.58. The molecular formula is C20H16Cl2N4O. The van der Waals surface area contributed by atoms with E-state index in [-0.39, 0.29) is 5.91 Å². The van der Waals surface area contributed by atoms with Crippen LogP contribution < -0.4 is 10.6 Å². The first-order valence-corrected chi connectivity index (χ1v) is 8.85. The summed E-state index contributed by atoms with van der Waals surface area (Å²) in [5, 5.41) is 7.01. The molecule has 136 valence electrons. The van der Waals surface area contributed by atoms with E-state index in [0.29, 0.717) is 21.6 Å². The van der Waals surface area contributed by atoms with Crippen LogP contribution in [0.15, 0.2) is 60.9 Å². The Balaban J connectivity index is 1.60. The van der Waals surface area contributed by atoms with Crippen molar-refractivity contribution in [2.24, 2.45) is 0 Å². The molecule has 0 bridgehead atoms. The number of hydrogen-bond donors (Lipinski definition) is 2. The van der Waals surface area contributed by atoms with E-state index in [9.17, 15) is 4.79 Å². The van der Waals surface area contributed by atoms with Gasteiger partial charge >= 0.3 is 0 Å². The van der Waals surface area contributed by atoms with Crippen molar-refractivity contribution < 1.29 is 4.79 Å². The predicted octanol–water partition coefficient (Wildman–Crippen LogP) is 5.49. The molecule has 1 amide bonds. The number of aryl methyl sites for hydroxylation is 1. The number of amides is 1. The van der Waals surface area contributed by atoms with Gasteiger partial charge in [0.2, 0.25) is 5.91 Å². The van der Waals surface area contributed by atoms with Gasteiger partial charge in [-0.1, -0.05) is 29.3 Å². The molecule has 0 radical (unpaired) electrons. The second-order valence-electron chi connectivity index (χ2n) is 5.74. The van der Waals surface area contributed by atoms with Crippen molar-refractivity contribution in [1.29, 1.82) is 0 Å². The number of aromatic nitrogens is 2. The van der Waals surface area contributed by atoms with E-state index >= 15 is 0 Å². The molecule has 5 nitrogen and oxygen atoms in total. The van der Waals surface area contributed by atoms with Crippen LogP contribution in [0.1, 0.15) is 11.3 Å². The molecule has 3 aromatic rings. The van der Waals surface area contributed by atoms with Crippen molar-refractivity contribution in [3.05, 3.63) is 82.2 Å². The highest BCUT2D eigenvalue weighted by molar-refractivity contribution is 6.35. The molecule has 0 saturated carbocycles. The molecule has 1 aromatic heterocycles. The van der Waals surface area contributed by atoms with Gasteiger partial charge in [0.1, 0.15) is 12.1 Å². The Labute approximate surface area is 167 Å². The summed E-state index contributed by atoms with van der Waals surface area (Å²) in [6.07, 6.45) is 4.57. The average molecular weight is 399 g/mol. The Morgan fingerprint density at radius 1 is 1.00 bits per heavy atom. The fourth-order valence-electron chi connectivity index (χ4n) is 2.29. The van der Waals surface area contributed by atoms with E-state index in [0.717, 1.165) is 16.9 Å². The topological polar surface area (TPSA) is 66.9 Å². The number of benzene rings is 2. The van der Waals surface area contributed by atoms with Crippen molar-refractivity contribution in [3.8, 4) is 0 Å². The number of rotatable bonds is 5. The maximum atomic E-state index is 12.1. The van der Waals surface area contributed by atoms with Crippen molar-refractivity contribution in [2.75, 3.05) is 10.6 Å². The molecular weight excluding hydrogens is 383 g/mol. The third kappa shape index (κ3) is 5.54. The zero-order valence-corrected chi connectivity index (χ0v) is 15.9. The molecule has 7 heteroatoms. The zero-order chi connectivity index (χ0) is 19.2. The lowest BCUT2D eigenvalue weighted by atomic mass is 10.2. The summed E-state index contributed by atoms with van der Waals surface area (Å²) in [6, 6.07) is 14.3. The monoisotopic (exact) mass is 398 g/mol. The summed E-state index contributed by atoms with van der Waals surface area (Å²) in [5.74, 6) is 0.454. The SMILES string of the molecule is Cc1cc(Nc2ccc(NC(=O)/C=C/c3ccc(Cl)cc3Cl)cc2)ncn1. The molecule has 0 atom stereocenters. The van der Waals surface area contributed by atoms with Crippen LogP contribution in [0.3, 0.4) is 0 Å². The number of carbonyl (C=O) groups excluding carboxylic acids is 1. The van der Waals surface area contributed by atoms with Gasteiger partial charge in [0.15, 0.2) is 0 Å². The molecule has 0 unspecified atom stereocenters. The molecule has 0 aliphatic carbocycles. The lowest BCUT2D eigenvalue weighted by Crippen LogP contribution is -2.07. The molecule has 2 aromatic carbocycles. The summed E-state index contributed by atoms with van der Waals surface area (Å²) >= 11 is 11.9. The molecule has 0 saturated heterocycles. The third-order valence-electron chi connectivity index (χ3n) is 3.61. The Bertz CT molecular complexity index is 988. The number of nitrogens with one attached hydrogen (secondary N) is 2. The highest BCUT2D eigenvalue weighted by Crippen LogP contribution is 2.22. The molecule has 0 aliphatic rings. The van der Waals surface area contributed by atoms with Crippen LogP contribution in [0.25, 0.3) is 6.08 Å². The van der Waals surface area contributed by atoms with Crippen molar-refractivity contribution >= 4 is 52.4 Å². The molecule has 1 heterocycles. The van der Waals surface area contributed by atoms with Crippen LogP contribution in [0, 0.1) is 6.92 Å². The number of halogens is 2. The van der Waals surface area contributed by atoms with Gasteiger partial charge in [-0.05, 0) is 55.0 Å². The van der Waals surface area contributed by atoms with Crippen LogP contribution in [-0.4, -0.2) is 15.9 Å². The molecule has 0 aliphatic heterocycles. The first-order valence-electron chi connectivity index (χ1n) is 8.09. The zero-order valence-electron chi connectivity index (χ0n) is 14.4. The number of hydrogen-bond acceptors (Lipinski definition) is 4. The van der Waals surface area contributed by atoms with Crippen LogP contribution in [0.5, 0.6) is 0 Å². The van der Waals surface area contributed by atoms with Gasteiger partial charge in [0.25, 0.3) is 0 Å². The summed E-state index contributed by atoms with van der Waals surface area (Å²) in [4.78, 5) is 20.3. The Kier molecular flexibility index (Phi) is 6.06. The smallest absolute Gasteiger partial charge is 0.248 e. The number of nitrogens with zero attached hydrogens (tertiary/aromatic N) is 2. The van der Waals surface area contributed by atoms with Crippen molar-refractivity contribution in [3.63, 3.8) is 0 Å². The number of anilines is 3. The summed E-state index contributed by atoms with van der Waals surface area (Å²) in [7, 11) is 0. The predicted molar refractivity (Wildman–Crippen MR) is 111 cm³/mol. The molecule has 0 spiro atoms. The standard InChI is InChI=1S/C20H16Cl2N4O/c1-13-10-19(24-12-23-13)25-16-5-7-17(8-6-16)26-20(27)9-3-14-2-4-15(21)11-18(14)22/h2-12H,1H3,(H,26,27)(H,23,24,25)/b9-3+. The summed E-state index contributed by atoms with van der Waals surface area (Å²) in [6.45, 7) is 1.90. The first kappa shape index (κ1) is 18.9. The minimum Gasteiger partial charge on any atom is -0.340 e. The summed E-state index contributed by atoms with van der Waals surface area (Å²) in [5.41, 5.74) is 3.13. The highest BCUT2D eigenvalue weighted by atomic mass is 35.5. The maximum absolute atomic E-state index is 12.1. The van der Waals surface area contributed by atoms with Crippen LogP contribution in [0.2, 0.25) is 10.0 Å². The van der Waals surface area contributed by atoms with Crippen LogP contribution in [0.4, 0.5) is 17.2 Å². The van der Waals surface area contributed by atoms with E-state index in [1.807, 2.05) is 25.1 Å². The van der Waals surface area contributed by atoms with Gasteiger partial charge < -0.3 is 10.6 Å². The van der Waals surface area contributed by atoms with Gasteiger partial charge in [-0.2, -0.15) is 0 Å². The lowest BCUT2D eigenvalue weighted by Gasteiger charge is -2.07. The quantitative estimate of drug-likeness (QED) is 0.557. The average Bonchev–Trinajstić information content (AvgIpc) is 2.63. The fraction of sp³-hybridized carbons (Fsp3) is 0.0500. The van der Waals surface area contributed by atoms with Crippen molar-refractivity contribution in [2.45, 2.75) is 6.92 Å². The van der Waals surface area contributed by atoms with E-state index < -0.39 is 0 Å². The minimum absolute atomic E-state index is 0.256. The van der Waals surface area contributed by atoms with E-state index in [2.05, 4.69) is 20.6 Å². The van der Waals surface area contributed by atoms with Gasteiger partial charge in [-0.25, -0.2) is 9.97 Å². The van der Waals surface area contributed by atoms with Crippen molar-refractivity contribution in [1.82, 2.24) is 9.97 Å². The van der Waals surface area contributed by atoms with E-state index in [1.54, 1.807) is 36.4 Å². The maximum Gasteiger partial charge on any atom is 0.248 e. The normalized spacial score (nSPS) is 10.8. The molecule has 3 rings (SSSR count). The number of carbonyl (C=O) groups is 1. The van der Waals surface area contributed by atoms with Crippen LogP contribution in [-0.2, 0) is 4.79 Å². The van der Waals surface area contributed by atoms with E-state index in [4.69, 9.17) is 23.2 Å².